The number of hydrogen-bond acceptors (Lipinski definition) is 7. The van der Waals surface area contributed by atoms with Crippen molar-refractivity contribution in [3.63, 3.8) is 0 Å². The van der Waals surface area contributed by atoms with Gasteiger partial charge in [-0.25, -0.2) is 8.42 Å². The second-order valence-corrected chi connectivity index (χ2v) is 10.1. The van der Waals surface area contributed by atoms with E-state index in [1.54, 1.807) is 18.2 Å². The highest BCUT2D eigenvalue weighted by atomic mass is 32.2. The topological polar surface area (TPSA) is 140 Å². The van der Waals surface area contributed by atoms with Crippen LogP contribution in [0.3, 0.4) is 0 Å². The zero-order valence-corrected chi connectivity index (χ0v) is 20.7. The maximum absolute atomic E-state index is 13.1. The molecule has 1 amide bonds. The van der Waals surface area contributed by atoms with Gasteiger partial charge < -0.3 is 15.7 Å². The fourth-order valence-electron chi connectivity index (χ4n) is 3.94. The Morgan fingerprint density at radius 1 is 1.05 bits per heavy atom. The van der Waals surface area contributed by atoms with Crippen LogP contribution < -0.4 is 16.1 Å². The van der Waals surface area contributed by atoms with Crippen molar-refractivity contribution in [3.8, 4) is 11.1 Å². The zero-order chi connectivity index (χ0) is 26.3. The van der Waals surface area contributed by atoms with Crippen molar-refractivity contribution in [1.29, 1.82) is 0 Å². The van der Waals surface area contributed by atoms with Crippen molar-refractivity contribution < 1.29 is 23.1 Å². The standard InChI is InChI=1S/C26H27N5O5S/c32-18-29-31(37(35,36)23-8-2-1-3-9-23)24(25(33)34)16-19-10-12-20(13-11-19)21-6-4-7-22(17-21)30-26-27-14-5-15-28-26/h1-4,6-13,17-18,24H,5,14-16H2,(H,29,32)(H,33,34)(H2,27,28,30)/t24-/m0/s1. The maximum atomic E-state index is 13.1. The van der Waals surface area contributed by atoms with E-state index in [0.29, 0.717) is 9.98 Å². The monoisotopic (exact) mass is 521 g/mol. The third kappa shape index (κ3) is 6.32. The molecule has 3 aromatic rings. The number of sulfonamides is 1. The number of nitrogens with one attached hydrogen (secondary N) is 3. The molecule has 1 aliphatic heterocycles. The highest BCUT2D eigenvalue weighted by Gasteiger charge is 2.36. The van der Waals surface area contributed by atoms with Crippen LogP contribution in [0.2, 0.25) is 0 Å². The minimum Gasteiger partial charge on any atom is -0.480 e. The largest absolute Gasteiger partial charge is 0.480 e. The highest BCUT2D eigenvalue weighted by Crippen LogP contribution is 2.25. The van der Waals surface area contributed by atoms with Crippen molar-refractivity contribution in [1.82, 2.24) is 15.2 Å². The number of hydrazine groups is 1. The molecule has 10 nitrogen and oxygen atoms in total. The summed E-state index contributed by atoms with van der Waals surface area (Å²) in [4.78, 5) is 27.6. The summed E-state index contributed by atoms with van der Waals surface area (Å²) < 4.78 is 26.7. The Morgan fingerprint density at radius 2 is 1.81 bits per heavy atom. The van der Waals surface area contributed by atoms with E-state index < -0.39 is 22.0 Å². The number of rotatable bonds is 10. The first-order valence-electron chi connectivity index (χ1n) is 11.7. The normalized spacial score (nSPS) is 14.2. The Labute approximate surface area is 215 Å². The number of carbonyl (C=O) groups excluding carboxylic acids is 1. The molecule has 0 spiro atoms. The highest BCUT2D eigenvalue weighted by molar-refractivity contribution is 7.89. The van der Waals surface area contributed by atoms with Gasteiger partial charge >= 0.3 is 5.97 Å². The van der Waals surface area contributed by atoms with E-state index >= 15 is 0 Å². The summed E-state index contributed by atoms with van der Waals surface area (Å²) >= 11 is 0. The Balaban J connectivity index is 1.54. The lowest BCUT2D eigenvalue weighted by Crippen LogP contribution is -2.53. The van der Waals surface area contributed by atoms with Crippen molar-refractivity contribution in [2.45, 2.75) is 23.8 Å². The van der Waals surface area contributed by atoms with Gasteiger partial charge in [0.15, 0.2) is 5.96 Å². The third-order valence-electron chi connectivity index (χ3n) is 5.79. The van der Waals surface area contributed by atoms with E-state index in [9.17, 15) is 23.1 Å². The van der Waals surface area contributed by atoms with Crippen LogP contribution in [0.5, 0.6) is 0 Å². The molecule has 4 N–H and O–H groups in total. The molecule has 0 fully saturated rings. The van der Waals surface area contributed by atoms with Gasteiger partial charge in [0.05, 0.1) is 4.90 Å². The van der Waals surface area contributed by atoms with Gasteiger partial charge in [-0.2, -0.15) is 0 Å². The van der Waals surface area contributed by atoms with Crippen LogP contribution in [-0.2, 0) is 26.0 Å². The van der Waals surface area contributed by atoms with Crippen LogP contribution in [0.25, 0.3) is 11.1 Å². The number of amides is 1. The molecule has 3 aromatic carbocycles. The van der Waals surface area contributed by atoms with Crippen molar-refractivity contribution in [3.05, 3.63) is 84.4 Å². The summed E-state index contributed by atoms with van der Waals surface area (Å²) in [6.45, 7) is 1.65. The molecule has 4 rings (SSSR count). The molecule has 1 atom stereocenters. The Bertz CT molecular complexity index is 1380. The smallest absolute Gasteiger partial charge is 0.324 e. The van der Waals surface area contributed by atoms with Crippen LogP contribution in [0.15, 0.2) is 88.8 Å². The predicted molar refractivity (Wildman–Crippen MR) is 140 cm³/mol. The number of carboxylic acid groups (broad SMARTS) is 1. The summed E-state index contributed by atoms with van der Waals surface area (Å²) in [6, 6.07) is 20.8. The van der Waals surface area contributed by atoms with Crippen LogP contribution in [0.4, 0.5) is 5.69 Å². The number of hydrogen-bond donors (Lipinski definition) is 4. The molecular formula is C26H27N5O5S. The van der Waals surface area contributed by atoms with Crippen LogP contribution >= 0.6 is 0 Å². The molecule has 1 aliphatic rings. The van der Waals surface area contributed by atoms with Crippen molar-refractivity contribution in [2.24, 2.45) is 4.99 Å². The summed E-state index contributed by atoms with van der Waals surface area (Å²) in [5.41, 5.74) is 5.37. The maximum Gasteiger partial charge on any atom is 0.324 e. The molecule has 192 valence electrons. The molecule has 0 bridgehead atoms. The molecule has 0 aromatic heterocycles. The number of guanidine groups is 1. The molecule has 0 saturated carbocycles. The minimum absolute atomic E-state index is 0.131. The minimum atomic E-state index is -4.31. The molecular weight excluding hydrogens is 494 g/mol. The number of benzene rings is 3. The van der Waals surface area contributed by atoms with Gasteiger partial charge in [-0.3, -0.25) is 20.0 Å². The first kappa shape index (κ1) is 25.9. The first-order chi connectivity index (χ1) is 17.9. The van der Waals surface area contributed by atoms with E-state index in [2.05, 4.69) is 21.1 Å². The first-order valence-corrected chi connectivity index (χ1v) is 13.1. The van der Waals surface area contributed by atoms with Gasteiger partial charge in [-0.1, -0.05) is 59.0 Å². The van der Waals surface area contributed by atoms with E-state index in [4.69, 9.17) is 0 Å². The summed E-state index contributed by atoms with van der Waals surface area (Å²) in [5.74, 6) is -0.659. The van der Waals surface area contributed by atoms with E-state index in [1.807, 2.05) is 36.4 Å². The lowest BCUT2D eigenvalue weighted by molar-refractivity contribution is -0.142. The van der Waals surface area contributed by atoms with Gasteiger partial charge in [-0.15, -0.1) is 0 Å². The number of aliphatic carboxylic acids is 1. The third-order valence-corrected chi connectivity index (χ3v) is 7.53. The van der Waals surface area contributed by atoms with E-state index in [1.165, 1.54) is 24.3 Å². The fourth-order valence-corrected chi connectivity index (χ4v) is 5.35. The number of carbonyl (C=O) groups is 2. The molecule has 37 heavy (non-hydrogen) atoms. The lowest BCUT2D eigenvalue weighted by Gasteiger charge is -2.27. The molecule has 0 aliphatic carbocycles. The van der Waals surface area contributed by atoms with Gasteiger partial charge in [0.25, 0.3) is 10.0 Å². The second kappa shape index (κ2) is 11.7. The summed E-state index contributed by atoms with van der Waals surface area (Å²) in [6.07, 6.45) is 0.992. The molecule has 11 heteroatoms. The number of carboxylic acids is 1. The number of aliphatic imine (C=N–C) groups is 1. The fraction of sp³-hybridized carbons (Fsp3) is 0.192. The lowest BCUT2D eigenvalue weighted by atomic mass is 10.0. The van der Waals surface area contributed by atoms with Gasteiger partial charge in [-0.05, 0) is 47.4 Å². The second-order valence-electron chi connectivity index (χ2n) is 8.33. The van der Waals surface area contributed by atoms with E-state index in [0.717, 1.165) is 42.3 Å². The summed E-state index contributed by atoms with van der Waals surface area (Å²) in [5, 5.41) is 16.3. The molecule has 0 saturated heterocycles. The SMILES string of the molecule is O=CNN([C@@H](Cc1ccc(-c2cccc(NC3=NCCCN3)c2)cc1)C(=O)O)S(=O)(=O)c1ccccc1. The van der Waals surface area contributed by atoms with Crippen molar-refractivity contribution in [2.75, 3.05) is 18.4 Å². The number of nitrogens with zero attached hydrogens (tertiary/aromatic N) is 2. The predicted octanol–water partition coefficient (Wildman–Crippen LogP) is 2.46. The summed E-state index contributed by atoms with van der Waals surface area (Å²) in [7, 11) is -4.31. The average molecular weight is 522 g/mol. The Hall–Kier alpha value is -4.22. The Morgan fingerprint density at radius 3 is 2.46 bits per heavy atom. The van der Waals surface area contributed by atoms with Gasteiger partial charge in [0, 0.05) is 25.2 Å². The molecule has 0 radical (unpaired) electrons. The quantitative estimate of drug-likeness (QED) is 0.237. The van der Waals surface area contributed by atoms with Gasteiger partial charge in [0.1, 0.15) is 6.04 Å². The van der Waals surface area contributed by atoms with Gasteiger partial charge in [0.2, 0.25) is 6.41 Å². The molecule has 1 heterocycles. The van der Waals surface area contributed by atoms with Crippen molar-refractivity contribution >= 4 is 34.0 Å². The van der Waals surface area contributed by atoms with Crippen LogP contribution in [0, 0.1) is 0 Å². The molecule has 0 unspecified atom stereocenters. The Kier molecular flexibility index (Phi) is 8.16. The van der Waals surface area contributed by atoms with E-state index in [-0.39, 0.29) is 17.7 Å². The zero-order valence-electron chi connectivity index (χ0n) is 19.9. The number of anilines is 1. The van der Waals surface area contributed by atoms with Crippen LogP contribution in [0.1, 0.15) is 12.0 Å². The average Bonchev–Trinajstić information content (AvgIpc) is 2.92. The van der Waals surface area contributed by atoms with Crippen LogP contribution in [-0.4, -0.2) is 55.4 Å².